The summed E-state index contributed by atoms with van der Waals surface area (Å²) in [4.78, 5) is 11.1. The molecule has 0 aliphatic heterocycles. The summed E-state index contributed by atoms with van der Waals surface area (Å²) in [6.07, 6.45) is 10.1. The molecule has 0 aromatic heterocycles. The van der Waals surface area contributed by atoms with Crippen LogP contribution in [0, 0.1) is 29.1 Å². The lowest BCUT2D eigenvalue weighted by molar-refractivity contribution is -0.132. The van der Waals surface area contributed by atoms with E-state index in [0.29, 0.717) is 5.57 Å². The second-order valence-corrected chi connectivity index (χ2v) is 6.78. The average molecular weight is 248 g/mol. The fourth-order valence-electron chi connectivity index (χ4n) is 5.48. The Bertz CT molecular complexity index is 398. The number of hydrogen-bond donors (Lipinski definition) is 1. The van der Waals surface area contributed by atoms with Crippen LogP contribution in [0.15, 0.2) is 11.6 Å². The first-order valence-corrected chi connectivity index (χ1v) is 7.50. The topological polar surface area (TPSA) is 37.3 Å². The molecule has 2 bridgehead atoms. The largest absolute Gasteiger partial charge is 0.478 e. The van der Waals surface area contributed by atoms with Crippen LogP contribution < -0.4 is 0 Å². The number of fused-ring (bicyclic) bond motifs is 5. The fourth-order valence-corrected chi connectivity index (χ4v) is 5.48. The van der Waals surface area contributed by atoms with E-state index in [1.165, 1.54) is 32.1 Å². The van der Waals surface area contributed by atoms with E-state index < -0.39 is 5.97 Å². The second-order valence-electron chi connectivity index (χ2n) is 6.78. The highest BCUT2D eigenvalue weighted by atomic mass is 16.4. The van der Waals surface area contributed by atoms with Crippen LogP contribution in [0.3, 0.4) is 0 Å². The molecule has 0 amide bonds. The Morgan fingerprint density at radius 3 is 2.78 bits per heavy atom. The van der Waals surface area contributed by atoms with Crippen LogP contribution in [0.25, 0.3) is 0 Å². The molecule has 5 atom stereocenters. The zero-order valence-electron chi connectivity index (χ0n) is 11.5. The Morgan fingerprint density at radius 2 is 2.11 bits per heavy atom. The van der Waals surface area contributed by atoms with E-state index in [2.05, 4.69) is 13.0 Å². The van der Waals surface area contributed by atoms with Gasteiger partial charge in [0.1, 0.15) is 0 Å². The highest BCUT2D eigenvalue weighted by Crippen LogP contribution is 2.67. The SMILES string of the molecule is CCC1(C=C(C)C(=O)O)CC2CC1C1CCCC21. The molecule has 3 aliphatic carbocycles. The minimum atomic E-state index is -0.742. The zero-order chi connectivity index (χ0) is 12.9. The van der Waals surface area contributed by atoms with E-state index in [-0.39, 0.29) is 5.41 Å². The molecule has 2 nitrogen and oxygen atoms in total. The van der Waals surface area contributed by atoms with Gasteiger partial charge in [0.25, 0.3) is 0 Å². The van der Waals surface area contributed by atoms with E-state index >= 15 is 0 Å². The van der Waals surface area contributed by atoms with Gasteiger partial charge in [-0.1, -0.05) is 19.4 Å². The van der Waals surface area contributed by atoms with Gasteiger partial charge in [-0.3, -0.25) is 0 Å². The highest BCUT2D eigenvalue weighted by molar-refractivity contribution is 5.85. The molecule has 3 rings (SSSR count). The van der Waals surface area contributed by atoms with Gasteiger partial charge >= 0.3 is 5.97 Å². The molecule has 18 heavy (non-hydrogen) atoms. The lowest BCUT2D eigenvalue weighted by atomic mass is 9.64. The summed E-state index contributed by atoms with van der Waals surface area (Å²) in [5, 5.41) is 9.14. The van der Waals surface area contributed by atoms with Crippen molar-refractivity contribution in [3.63, 3.8) is 0 Å². The van der Waals surface area contributed by atoms with Crippen molar-refractivity contribution in [3.8, 4) is 0 Å². The molecule has 3 fully saturated rings. The van der Waals surface area contributed by atoms with Crippen LogP contribution >= 0.6 is 0 Å². The van der Waals surface area contributed by atoms with Gasteiger partial charge in [-0.2, -0.15) is 0 Å². The van der Waals surface area contributed by atoms with Gasteiger partial charge in [0, 0.05) is 5.57 Å². The second kappa shape index (κ2) is 4.11. The van der Waals surface area contributed by atoms with Crippen LogP contribution in [0.5, 0.6) is 0 Å². The first-order chi connectivity index (χ1) is 8.57. The molecule has 0 aromatic rings. The van der Waals surface area contributed by atoms with Gasteiger partial charge in [0.05, 0.1) is 0 Å². The van der Waals surface area contributed by atoms with Crippen molar-refractivity contribution in [1.82, 2.24) is 0 Å². The number of rotatable bonds is 3. The zero-order valence-corrected chi connectivity index (χ0v) is 11.5. The first-order valence-electron chi connectivity index (χ1n) is 7.50. The summed E-state index contributed by atoms with van der Waals surface area (Å²) >= 11 is 0. The third kappa shape index (κ3) is 1.57. The molecule has 0 spiro atoms. The molecule has 0 saturated heterocycles. The van der Waals surface area contributed by atoms with E-state index in [9.17, 15) is 4.79 Å². The molecule has 1 N–H and O–H groups in total. The summed E-state index contributed by atoms with van der Waals surface area (Å²) in [6.45, 7) is 4.01. The molecular formula is C16H24O2. The predicted molar refractivity (Wildman–Crippen MR) is 71.2 cm³/mol. The molecule has 0 aromatic carbocycles. The quantitative estimate of drug-likeness (QED) is 0.770. The van der Waals surface area contributed by atoms with E-state index in [4.69, 9.17) is 5.11 Å². The molecule has 3 saturated carbocycles. The summed E-state index contributed by atoms with van der Waals surface area (Å²) in [5.74, 6) is 2.80. The van der Waals surface area contributed by atoms with Gasteiger partial charge in [-0.15, -0.1) is 0 Å². The Kier molecular flexibility index (Phi) is 2.80. The fraction of sp³-hybridized carbons (Fsp3) is 0.812. The number of carboxylic acids is 1. The monoisotopic (exact) mass is 248 g/mol. The molecule has 3 aliphatic rings. The number of carboxylic acid groups (broad SMARTS) is 1. The van der Waals surface area contributed by atoms with E-state index in [0.717, 1.165) is 30.1 Å². The van der Waals surface area contributed by atoms with E-state index in [1.807, 2.05) is 0 Å². The van der Waals surface area contributed by atoms with Crippen molar-refractivity contribution < 1.29 is 9.90 Å². The van der Waals surface area contributed by atoms with Gasteiger partial charge < -0.3 is 5.11 Å². The maximum absolute atomic E-state index is 11.1. The number of allylic oxidation sites excluding steroid dienone is 1. The maximum atomic E-state index is 11.1. The number of carbonyl (C=O) groups is 1. The van der Waals surface area contributed by atoms with Crippen LogP contribution in [-0.4, -0.2) is 11.1 Å². The van der Waals surface area contributed by atoms with Crippen molar-refractivity contribution in [2.24, 2.45) is 29.1 Å². The molecule has 5 unspecified atom stereocenters. The molecular weight excluding hydrogens is 224 g/mol. The Labute approximate surface area is 109 Å². The number of aliphatic carboxylic acids is 1. The van der Waals surface area contributed by atoms with Crippen LogP contribution in [0.2, 0.25) is 0 Å². The molecule has 0 heterocycles. The lowest BCUT2D eigenvalue weighted by Gasteiger charge is -2.41. The van der Waals surface area contributed by atoms with Crippen LogP contribution in [-0.2, 0) is 4.79 Å². The number of hydrogen-bond acceptors (Lipinski definition) is 1. The van der Waals surface area contributed by atoms with Crippen molar-refractivity contribution in [1.29, 1.82) is 0 Å². The highest BCUT2D eigenvalue weighted by Gasteiger charge is 2.59. The van der Waals surface area contributed by atoms with Crippen LogP contribution in [0.4, 0.5) is 0 Å². The molecule has 100 valence electrons. The predicted octanol–water partition coefficient (Wildman–Crippen LogP) is 3.87. The molecule has 2 heteroatoms. The van der Waals surface area contributed by atoms with Crippen molar-refractivity contribution in [2.75, 3.05) is 0 Å². The Balaban J connectivity index is 1.91. The smallest absolute Gasteiger partial charge is 0.330 e. The third-order valence-corrected chi connectivity index (χ3v) is 6.18. The van der Waals surface area contributed by atoms with Crippen molar-refractivity contribution in [3.05, 3.63) is 11.6 Å². The van der Waals surface area contributed by atoms with Gasteiger partial charge in [0.15, 0.2) is 0 Å². The van der Waals surface area contributed by atoms with Crippen LogP contribution in [0.1, 0.15) is 52.4 Å². The average Bonchev–Trinajstić information content (AvgIpc) is 2.99. The van der Waals surface area contributed by atoms with Crippen molar-refractivity contribution in [2.45, 2.75) is 52.4 Å². The standard InChI is InChI=1S/C16H24O2/c1-3-16(8-10(2)15(17)18)9-11-7-14(16)13-6-4-5-12(11)13/h8,11-14H,3-7,9H2,1-2H3,(H,17,18). The molecule has 0 radical (unpaired) electrons. The van der Waals surface area contributed by atoms with E-state index in [1.54, 1.807) is 6.92 Å². The van der Waals surface area contributed by atoms with Crippen molar-refractivity contribution >= 4 is 5.97 Å². The minimum Gasteiger partial charge on any atom is -0.478 e. The normalized spacial score (nSPS) is 46.4. The summed E-state index contributed by atoms with van der Waals surface area (Å²) < 4.78 is 0. The maximum Gasteiger partial charge on any atom is 0.330 e. The third-order valence-electron chi connectivity index (χ3n) is 6.18. The Morgan fingerprint density at radius 1 is 1.39 bits per heavy atom. The minimum absolute atomic E-state index is 0.207. The van der Waals surface area contributed by atoms with Gasteiger partial charge in [-0.25, -0.2) is 4.79 Å². The Hall–Kier alpha value is -0.790. The van der Waals surface area contributed by atoms with Gasteiger partial charge in [0.2, 0.25) is 0 Å². The van der Waals surface area contributed by atoms with Gasteiger partial charge in [-0.05, 0) is 68.1 Å². The summed E-state index contributed by atoms with van der Waals surface area (Å²) in [6, 6.07) is 0. The lowest BCUT2D eigenvalue weighted by Crippen LogP contribution is -2.34. The first kappa shape index (κ1) is 12.3. The summed E-state index contributed by atoms with van der Waals surface area (Å²) in [5.41, 5.74) is 0.762. The summed E-state index contributed by atoms with van der Waals surface area (Å²) in [7, 11) is 0.